The van der Waals surface area contributed by atoms with E-state index in [-0.39, 0.29) is 5.91 Å². The summed E-state index contributed by atoms with van der Waals surface area (Å²) < 4.78 is 0.987. The molecule has 0 spiro atoms. The van der Waals surface area contributed by atoms with Gasteiger partial charge in [-0.1, -0.05) is 22.0 Å². The highest BCUT2D eigenvalue weighted by Gasteiger charge is 2.29. The molecular weight excluding hydrogens is 310 g/mol. The Morgan fingerprint density at radius 3 is 2.89 bits per heavy atom. The van der Waals surface area contributed by atoms with Crippen LogP contribution in [0.1, 0.15) is 10.4 Å². The molecular formula is C14H10BrNOS. The summed E-state index contributed by atoms with van der Waals surface area (Å²) in [4.78, 5) is 15.0. The highest BCUT2D eigenvalue weighted by molar-refractivity contribution is 9.10. The number of halogens is 1. The predicted molar refractivity (Wildman–Crippen MR) is 79.7 cm³/mol. The highest BCUT2D eigenvalue weighted by atomic mass is 79.9. The van der Waals surface area contributed by atoms with Crippen molar-refractivity contribution >= 4 is 50.5 Å². The third-order valence-electron chi connectivity index (χ3n) is 2.97. The van der Waals surface area contributed by atoms with Crippen molar-refractivity contribution in [3.8, 4) is 0 Å². The molecule has 0 fully saturated rings. The maximum Gasteiger partial charge on any atom is 0.258 e. The van der Waals surface area contributed by atoms with Gasteiger partial charge in [-0.15, -0.1) is 11.3 Å². The van der Waals surface area contributed by atoms with E-state index in [1.165, 1.54) is 0 Å². The van der Waals surface area contributed by atoms with Crippen molar-refractivity contribution in [1.82, 2.24) is 0 Å². The summed E-state index contributed by atoms with van der Waals surface area (Å²) in [6.45, 7) is 0. The van der Waals surface area contributed by atoms with Gasteiger partial charge in [0.25, 0.3) is 5.91 Å². The molecule has 0 unspecified atom stereocenters. The van der Waals surface area contributed by atoms with Crippen LogP contribution in [-0.2, 0) is 4.79 Å². The van der Waals surface area contributed by atoms with E-state index in [4.69, 9.17) is 0 Å². The monoisotopic (exact) mass is 319 g/mol. The smallest absolute Gasteiger partial charge is 0.258 e. The topological polar surface area (TPSA) is 20.3 Å². The summed E-state index contributed by atoms with van der Waals surface area (Å²) >= 11 is 5.09. The summed E-state index contributed by atoms with van der Waals surface area (Å²) in [5, 5.41) is 2.01. The molecule has 0 N–H and O–H groups in total. The number of nitrogens with zero attached hydrogens (tertiary/aromatic N) is 1. The van der Waals surface area contributed by atoms with E-state index in [1.54, 1.807) is 16.2 Å². The van der Waals surface area contributed by atoms with Gasteiger partial charge in [-0.25, -0.2) is 0 Å². The van der Waals surface area contributed by atoms with E-state index in [9.17, 15) is 4.79 Å². The number of benzene rings is 1. The first-order valence-corrected chi connectivity index (χ1v) is 7.17. The molecule has 0 bridgehead atoms. The minimum atomic E-state index is 0.0523. The Morgan fingerprint density at radius 1 is 1.33 bits per heavy atom. The van der Waals surface area contributed by atoms with Crippen molar-refractivity contribution < 1.29 is 4.79 Å². The normalized spacial score (nSPS) is 16.4. The van der Waals surface area contributed by atoms with Gasteiger partial charge in [-0.3, -0.25) is 4.79 Å². The highest BCUT2D eigenvalue weighted by Crippen LogP contribution is 2.38. The molecule has 0 saturated heterocycles. The van der Waals surface area contributed by atoms with Crippen LogP contribution < -0.4 is 4.90 Å². The minimum Gasteiger partial charge on any atom is -0.311 e. The number of amides is 1. The van der Waals surface area contributed by atoms with E-state index in [1.807, 2.05) is 48.8 Å². The predicted octanol–water partition coefficient (Wildman–Crippen LogP) is 4.03. The first kappa shape index (κ1) is 11.7. The van der Waals surface area contributed by atoms with E-state index >= 15 is 0 Å². The van der Waals surface area contributed by atoms with Crippen LogP contribution in [0.3, 0.4) is 0 Å². The lowest BCUT2D eigenvalue weighted by molar-refractivity contribution is -0.112. The number of carbonyl (C=O) groups is 1. The second kappa shape index (κ2) is 4.37. The van der Waals surface area contributed by atoms with Gasteiger partial charge in [0.1, 0.15) is 0 Å². The van der Waals surface area contributed by atoms with Crippen LogP contribution in [0.25, 0.3) is 11.6 Å². The molecule has 1 amide bonds. The molecule has 1 aliphatic heterocycles. The maximum atomic E-state index is 12.2. The molecule has 1 aromatic carbocycles. The van der Waals surface area contributed by atoms with Crippen LogP contribution in [0.4, 0.5) is 5.69 Å². The first-order valence-electron chi connectivity index (χ1n) is 5.50. The van der Waals surface area contributed by atoms with Gasteiger partial charge in [-0.2, -0.15) is 0 Å². The second-order valence-corrected chi connectivity index (χ2v) is 5.99. The molecule has 2 nitrogen and oxygen atoms in total. The molecule has 0 saturated carbocycles. The third kappa shape index (κ3) is 1.82. The fourth-order valence-corrected chi connectivity index (χ4v) is 3.10. The van der Waals surface area contributed by atoms with Crippen LogP contribution in [0.5, 0.6) is 0 Å². The number of anilines is 1. The van der Waals surface area contributed by atoms with E-state index in [0.717, 1.165) is 26.2 Å². The van der Waals surface area contributed by atoms with Crippen molar-refractivity contribution in [2.45, 2.75) is 0 Å². The molecule has 0 radical (unpaired) electrons. The fraction of sp³-hybridized carbons (Fsp3) is 0.0714. The Kier molecular flexibility index (Phi) is 2.84. The molecule has 0 aliphatic carbocycles. The van der Waals surface area contributed by atoms with Crippen molar-refractivity contribution in [2.24, 2.45) is 0 Å². The van der Waals surface area contributed by atoms with Gasteiger partial charge in [0.05, 0.1) is 11.3 Å². The average molecular weight is 320 g/mol. The Labute approximate surface area is 118 Å². The number of hydrogen-bond acceptors (Lipinski definition) is 2. The third-order valence-corrected chi connectivity index (χ3v) is 4.29. The number of hydrogen-bond donors (Lipinski definition) is 0. The number of likely N-dealkylation sites (N-methyl/N-ethyl adjacent to an activating group) is 1. The molecule has 2 aromatic rings. The molecule has 3 rings (SSSR count). The number of thiophene rings is 1. The van der Waals surface area contributed by atoms with Crippen LogP contribution in [0.2, 0.25) is 0 Å². The van der Waals surface area contributed by atoms with Gasteiger partial charge in [-0.05, 0) is 35.7 Å². The lowest BCUT2D eigenvalue weighted by Gasteiger charge is -2.08. The van der Waals surface area contributed by atoms with Crippen molar-refractivity contribution in [3.05, 3.63) is 50.6 Å². The first-order chi connectivity index (χ1) is 8.66. The maximum absolute atomic E-state index is 12.2. The van der Waals surface area contributed by atoms with Gasteiger partial charge >= 0.3 is 0 Å². The van der Waals surface area contributed by atoms with Crippen LogP contribution in [0.15, 0.2) is 40.2 Å². The van der Waals surface area contributed by atoms with Gasteiger partial charge in [0, 0.05) is 22.0 Å². The summed E-state index contributed by atoms with van der Waals surface area (Å²) in [5.74, 6) is 0.0523. The van der Waals surface area contributed by atoms with Crippen LogP contribution in [-0.4, -0.2) is 13.0 Å². The van der Waals surface area contributed by atoms with Crippen LogP contribution in [0, 0.1) is 0 Å². The quantitative estimate of drug-likeness (QED) is 0.727. The van der Waals surface area contributed by atoms with E-state index in [0.29, 0.717) is 0 Å². The fourth-order valence-electron chi connectivity index (χ4n) is 2.08. The van der Waals surface area contributed by atoms with Crippen LogP contribution >= 0.6 is 27.3 Å². The van der Waals surface area contributed by atoms with E-state index < -0.39 is 0 Å². The lowest BCUT2D eigenvalue weighted by Crippen LogP contribution is -2.20. The Bertz CT molecular complexity index is 646. The molecule has 90 valence electrons. The van der Waals surface area contributed by atoms with E-state index in [2.05, 4.69) is 15.9 Å². The molecule has 1 aliphatic rings. The SMILES string of the molecule is CN1C(=O)C(=Cc2cccs2)c2cc(Br)ccc21. The molecule has 18 heavy (non-hydrogen) atoms. The Morgan fingerprint density at radius 2 is 2.17 bits per heavy atom. The second-order valence-electron chi connectivity index (χ2n) is 4.10. The minimum absolute atomic E-state index is 0.0523. The summed E-state index contributed by atoms with van der Waals surface area (Å²) in [6, 6.07) is 9.92. The molecule has 1 aromatic heterocycles. The Balaban J connectivity index is 2.18. The number of rotatable bonds is 1. The lowest BCUT2D eigenvalue weighted by atomic mass is 10.1. The standard InChI is InChI=1S/C14H10BrNOS/c1-16-13-5-4-9(15)7-11(13)12(14(16)17)8-10-3-2-6-18-10/h2-8H,1H3. The average Bonchev–Trinajstić information content (AvgIpc) is 2.93. The van der Waals surface area contributed by atoms with Gasteiger partial charge in [0.2, 0.25) is 0 Å². The molecule has 0 atom stereocenters. The van der Waals surface area contributed by atoms with Crippen molar-refractivity contribution in [2.75, 3.05) is 11.9 Å². The zero-order valence-electron chi connectivity index (χ0n) is 9.68. The zero-order chi connectivity index (χ0) is 12.7. The van der Waals surface area contributed by atoms with Crippen molar-refractivity contribution in [3.63, 3.8) is 0 Å². The number of carbonyl (C=O) groups excluding carboxylic acids is 1. The van der Waals surface area contributed by atoms with Gasteiger partial charge in [0.15, 0.2) is 0 Å². The van der Waals surface area contributed by atoms with Crippen molar-refractivity contribution in [1.29, 1.82) is 0 Å². The zero-order valence-corrected chi connectivity index (χ0v) is 12.1. The molecule has 4 heteroatoms. The summed E-state index contributed by atoms with van der Waals surface area (Å²) in [6.07, 6.45) is 1.96. The summed E-state index contributed by atoms with van der Waals surface area (Å²) in [7, 11) is 1.81. The number of fused-ring (bicyclic) bond motifs is 1. The van der Waals surface area contributed by atoms with Gasteiger partial charge < -0.3 is 4.90 Å². The Hall–Kier alpha value is -1.39. The summed E-state index contributed by atoms with van der Waals surface area (Å²) in [5.41, 5.74) is 2.72. The largest absolute Gasteiger partial charge is 0.311 e. The molecule has 2 heterocycles.